The van der Waals surface area contributed by atoms with Crippen LogP contribution in [0.25, 0.3) is 0 Å². The van der Waals surface area contributed by atoms with Crippen LogP contribution < -0.4 is 5.32 Å². The van der Waals surface area contributed by atoms with Crippen LogP contribution in [0.5, 0.6) is 0 Å². The van der Waals surface area contributed by atoms with E-state index < -0.39 is 0 Å². The minimum absolute atomic E-state index is 0.223. The van der Waals surface area contributed by atoms with Gasteiger partial charge in [0.05, 0.1) is 0 Å². The van der Waals surface area contributed by atoms with E-state index in [9.17, 15) is 4.39 Å². The number of hydrogen-bond acceptors (Lipinski definition) is 1. The van der Waals surface area contributed by atoms with Gasteiger partial charge in [-0.3, -0.25) is 0 Å². The molecule has 0 saturated heterocycles. The second kappa shape index (κ2) is 5.82. The molecule has 0 radical (unpaired) electrons. The van der Waals surface area contributed by atoms with Crippen molar-refractivity contribution in [3.05, 3.63) is 61.9 Å². The molecule has 0 unspecified atom stereocenters. The molecule has 0 spiro atoms. The minimum atomic E-state index is -0.223. The molecule has 0 atom stereocenters. The number of hydrogen-bond donors (Lipinski definition) is 1. The van der Waals surface area contributed by atoms with Crippen molar-refractivity contribution < 1.29 is 4.39 Å². The first kappa shape index (κ1) is 12.8. The summed E-state index contributed by atoms with van der Waals surface area (Å²) in [5, 5.41) is 3.26. The van der Waals surface area contributed by atoms with Gasteiger partial charge in [-0.2, -0.15) is 0 Å². The van der Waals surface area contributed by atoms with E-state index in [0.29, 0.717) is 6.54 Å². The van der Waals surface area contributed by atoms with E-state index >= 15 is 0 Å². The summed E-state index contributed by atoms with van der Waals surface area (Å²) in [6.45, 7) is 0.608. The lowest BCUT2D eigenvalue weighted by molar-refractivity contribution is 0.625. The van der Waals surface area contributed by atoms with Crippen molar-refractivity contribution in [1.29, 1.82) is 0 Å². The van der Waals surface area contributed by atoms with Crippen LogP contribution in [0.4, 0.5) is 10.1 Å². The van der Waals surface area contributed by atoms with Crippen LogP contribution >= 0.6 is 38.5 Å². The van der Waals surface area contributed by atoms with Gasteiger partial charge in [0, 0.05) is 20.3 Å². The van der Waals surface area contributed by atoms with Crippen LogP contribution in [0.1, 0.15) is 5.56 Å². The van der Waals surface area contributed by atoms with Gasteiger partial charge in [-0.05, 0) is 64.6 Å². The van der Waals surface area contributed by atoms with E-state index in [2.05, 4.69) is 49.9 Å². The largest absolute Gasteiger partial charge is 0.381 e. The van der Waals surface area contributed by atoms with Crippen molar-refractivity contribution >= 4 is 44.2 Å². The van der Waals surface area contributed by atoms with Gasteiger partial charge >= 0.3 is 0 Å². The molecule has 1 N–H and O–H groups in total. The van der Waals surface area contributed by atoms with Crippen LogP contribution in [-0.2, 0) is 6.54 Å². The molecule has 0 aliphatic rings. The third-order valence-corrected chi connectivity index (χ3v) is 3.37. The van der Waals surface area contributed by atoms with Crippen LogP contribution in [-0.4, -0.2) is 0 Å². The molecular formula is C13H10BrFIN. The van der Waals surface area contributed by atoms with Gasteiger partial charge in [0.1, 0.15) is 5.82 Å². The number of rotatable bonds is 3. The van der Waals surface area contributed by atoms with Gasteiger partial charge < -0.3 is 5.32 Å². The fourth-order valence-corrected chi connectivity index (χ4v) is 2.57. The normalized spacial score (nSPS) is 10.3. The Bertz CT molecular complexity index is 510. The molecule has 2 rings (SSSR count). The first-order valence-corrected chi connectivity index (χ1v) is 6.95. The molecule has 2 aromatic rings. The zero-order valence-corrected chi connectivity index (χ0v) is 12.6. The summed E-state index contributed by atoms with van der Waals surface area (Å²) in [5.74, 6) is -0.223. The van der Waals surface area contributed by atoms with Crippen molar-refractivity contribution in [2.75, 3.05) is 5.32 Å². The second-order valence-electron chi connectivity index (χ2n) is 3.64. The Labute approximate surface area is 122 Å². The highest BCUT2D eigenvalue weighted by Crippen LogP contribution is 2.17. The molecule has 0 amide bonds. The highest BCUT2D eigenvalue weighted by Gasteiger charge is 1.99. The number of anilines is 1. The highest BCUT2D eigenvalue weighted by molar-refractivity contribution is 14.1. The Kier molecular flexibility index (Phi) is 4.39. The second-order valence-corrected chi connectivity index (χ2v) is 5.80. The standard InChI is InChI=1S/C13H10BrFIN/c14-10-4-9(5-11(15)6-10)8-17-13-3-1-2-12(16)7-13/h1-7,17H,8H2. The van der Waals surface area contributed by atoms with Gasteiger partial charge in [-0.15, -0.1) is 0 Å². The van der Waals surface area contributed by atoms with Gasteiger partial charge in [0.25, 0.3) is 0 Å². The van der Waals surface area contributed by atoms with Crippen molar-refractivity contribution in [2.45, 2.75) is 6.54 Å². The van der Waals surface area contributed by atoms with Crippen LogP contribution in [0.2, 0.25) is 0 Å². The maximum absolute atomic E-state index is 13.2. The predicted molar refractivity (Wildman–Crippen MR) is 80.6 cm³/mol. The molecule has 2 aromatic carbocycles. The van der Waals surface area contributed by atoms with E-state index in [-0.39, 0.29) is 5.82 Å². The lowest BCUT2D eigenvalue weighted by Crippen LogP contribution is -2.00. The predicted octanol–water partition coefficient (Wildman–Crippen LogP) is 4.80. The lowest BCUT2D eigenvalue weighted by atomic mass is 10.2. The Balaban J connectivity index is 2.07. The summed E-state index contributed by atoms with van der Waals surface area (Å²) in [5.41, 5.74) is 1.95. The maximum Gasteiger partial charge on any atom is 0.124 e. The molecule has 4 heteroatoms. The molecule has 0 bridgehead atoms. The molecule has 0 aliphatic carbocycles. The average Bonchev–Trinajstić information content (AvgIpc) is 2.25. The summed E-state index contributed by atoms with van der Waals surface area (Å²) in [6.07, 6.45) is 0. The Morgan fingerprint density at radius 1 is 1.18 bits per heavy atom. The molecule has 17 heavy (non-hydrogen) atoms. The zero-order valence-electron chi connectivity index (χ0n) is 8.88. The summed E-state index contributed by atoms with van der Waals surface area (Å²) in [7, 11) is 0. The van der Waals surface area contributed by atoms with Gasteiger partial charge in [-0.1, -0.05) is 22.0 Å². The van der Waals surface area contributed by atoms with Crippen molar-refractivity contribution in [1.82, 2.24) is 0 Å². The molecule has 1 nitrogen and oxygen atoms in total. The molecule has 0 aliphatic heterocycles. The van der Waals surface area contributed by atoms with E-state index in [1.807, 2.05) is 24.3 Å². The van der Waals surface area contributed by atoms with E-state index in [0.717, 1.165) is 15.7 Å². The summed E-state index contributed by atoms with van der Waals surface area (Å²) in [6, 6.07) is 13.0. The third-order valence-electron chi connectivity index (χ3n) is 2.24. The number of nitrogens with one attached hydrogen (secondary N) is 1. The zero-order chi connectivity index (χ0) is 12.3. The van der Waals surface area contributed by atoms with Gasteiger partial charge in [-0.25, -0.2) is 4.39 Å². The summed E-state index contributed by atoms with van der Waals surface area (Å²) >= 11 is 5.54. The molecule has 88 valence electrons. The first-order valence-electron chi connectivity index (χ1n) is 5.08. The van der Waals surface area contributed by atoms with Crippen molar-refractivity contribution in [3.8, 4) is 0 Å². The third kappa shape index (κ3) is 3.96. The molecule has 0 heterocycles. The molecular weight excluding hydrogens is 396 g/mol. The molecule has 0 fully saturated rings. The topological polar surface area (TPSA) is 12.0 Å². The van der Waals surface area contributed by atoms with E-state index in [1.165, 1.54) is 15.7 Å². The SMILES string of the molecule is Fc1cc(Br)cc(CNc2cccc(I)c2)c1. The van der Waals surface area contributed by atoms with E-state index in [1.54, 1.807) is 0 Å². The summed E-state index contributed by atoms with van der Waals surface area (Å²) < 4.78 is 15.1. The Morgan fingerprint density at radius 2 is 2.00 bits per heavy atom. The number of benzene rings is 2. The highest BCUT2D eigenvalue weighted by atomic mass is 127. The first-order chi connectivity index (χ1) is 8.13. The number of halogens is 3. The van der Waals surface area contributed by atoms with Crippen LogP contribution in [0, 0.1) is 9.39 Å². The fraction of sp³-hybridized carbons (Fsp3) is 0.0769. The smallest absolute Gasteiger partial charge is 0.124 e. The molecule has 0 saturated carbocycles. The van der Waals surface area contributed by atoms with Crippen LogP contribution in [0.3, 0.4) is 0 Å². The Morgan fingerprint density at radius 3 is 2.71 bits per heavy atom. The van der Waals surface area contributed by atoms with E-state index in [4.69, 9.17) is 0 Å². The lowest BCUT2D eigenvalue weighted by Gasteiger charge is -2.07. The quantitative estimate of drug-likeness (QED) is 0.723. The van der Waals surface area contributed by atoms with Crippen LogP contribution in [0.15, 0.2) is 46.9 Å². The summed E-state index contributed by atoms with van der Waals surface area (Å²) in [4.78, 5) is 0. The minimum Gasteiger partial charge on any atom is -0.381 e. The fourth-order valence-electron chi connectivity index (χ4n) is 1.52. The van der Waals surface area contributed by atoms with Gasteiger partial charge in [0.2, 0.25) is 0 Å². The monoisotopic (exact) mass is 405 g/mol. The maximum atomic E-state index is 13.2. The van der Waals surface area contributed by atoms with Crippen molar-refractivity contribution in [3.63, 3.8) is 0 Å². The van der Waals surface area contributed by atoms with Crippen molar-refractivity contribution in [2.24, 2.45) is 0 Å². The Hall–Kier alpha value is -0.620. The average molecular weight is 406 g/mol. The molecule has 0 aromatic heterocycles. The van der Waals surface area contributed by atoms with Gasteiger partial charge in [0.15, 0.2) is 0 Å².